The number of nitrogen functional groups attached to an aromatic ring is 1. The van der Waals surface area contributed by atoms with Gasteiger partial charge in [0.1, 0.15) is 0 Å². The summed E-state index contributed by atoms with van der Waals surface area (Å²) in [5.74, 6) is 0.920. The fourth-order valence-corrected chi connectivity index (χ4v) is 10.8. The number of nitrogens with two attached hydrogens (primary N) is 1. The molecule has 7 rings (SSSR count). The topological polar surface area (TPSA) is 68.1 Å². The van der Waals surface area contributed by atoms with Crippen LogP contribution < -0.4 is 15.4 Å². The number of hydrogen-bond acceptors (Lipinski definition) is 9. The molecule has 0 spiro atoms. The molecule has 2 saturated heterocycles. The van der Waals surface area contributed by atoms with E-state index in [1.807, 2.05) is 36.0 Å². The van der Waals surface area contributed by atoms with Crippen molar-refractivity contribution in [3.63, 3.8) is 0 Å². The molecule has 0 saturated carbocycles. The van der Waals surface area contributed by atoms with E-state index in [4.69, 9.17) is 17.3 Å². The first-order valence-corrected chi connectivity index (χ1v) is 25.4. The summed E-state index contributed by atoms with van der Waals surface area (Å²) in [7, 11) is 0. The number of unbranched alkanes of at least 4 members (excludes halogenated alkanes) is 1. The number of benzene rings is 4. The van der Waals surface area contributed by atoms with Crippen molar-refractivity contribution in [1.82, 2.24) is 19.4 Å². The Kier molecular flexibility index (Phi) is 18.7. The molecule has 4 aromatic carbocycles. The minimum absolute atomic E-state index is 0.0390. The smallest absolute Gasteiger partial charge is 0.398 e. The molecule has 14 heteroatoms. The lowest BCUT2D eigenvalue weighted by Gasteiger charge is -2.39. The third-order valence-electron chi connectivity index (χ3n) is 12.1. The van der Waals surface area contributed by atoms with E-state index in [0.29, 0.717) is 21.9 Å². The highest BCUT2D eigenvalue weighted by molar-refractivity contribution is 8.00. The summed E-state index contributed by atoms with van der Waals surface area (Å²) >= 11 is 8.83. The molecule has 1 aliphatic carbocycles. The number of hydrogen-bond donors (Lipinski definition) is 2. The largest absolute Gasteiger partial charge is 0.446 e. The number of halogens is 4. The summed E-state index contributed by atoms with van der Waals surface area (Å²) in [6, 6.07) is 31.4. The standard InChI is InChI=1S/C33H36ClF3N4OS2.C17H28N2S/c1-32(2)14-13-28(22-3-7-25(34)8-4-22)24(20-32)21-40-15-17-41(18-16-40)26-9-5-23(6-10-26)31(42)39-44-27-11-12-29(38)30(19-27)43-33(35,36)37;1-16(2)19-13-11-18(12-14-19)10-6-7-15-20-17-8-4-3-5-9-17/h3-12,19H,13-18,20-21,38H2,1-2H3,(H,39,42);3-5,8-9,16H,6-7,10-15H2,1-2H3. The average molecular weight is 954 g/mol. The summed E-state index contributed by atoms with van der Waals surface area (Å²) in [5.41, 5.74) is 7.37. The number of amides is 1. The van der Waals surface area contributed by atoms with E-state index in [0.717, 1.165) is 68.2 Å². The second-order valence-corrected chi connectivity index (χ2v) is 21.5. The van der Waals surface area contributed by atoms with Crippen LogP contribution in [0.3, 0.4) is 0 Å². The van der Waals surface area contributed by atoms with Crippen molar-refractivity contribution in [2.75, 3.05) is 81.8 Å². The molecule has 2 heterocycles. The average Bonchev–Trinajstić information content (AvgIpc) is 3.27. The van der Waals surface area contributed by atoms with Gasteiger partial charge in [0.15, 0.2) is 0 Å². The monoisotopic (exact) mass is 952 g/mol. The highest BCUT2D eigenvalue weighted by Gasteiger charge is 2.31. The van der Waals surface area contributed by atoms with Crippen molar-refractivity contribution < 1.29 is 18.0 Å². The molecule has 3 aliphatic rings. The molecule has 0 aromatic heterocycles. The van der Waals surface area contributed by atoms with Crippen LogP contribution in [-0.2, 0) is 0 Å². The lowest BCUT2D eigenvalue weighted by molar-refractivity contribution is -0.0328. The predicted molar refractivity (Wildman–Crippen MR) is 267 cm³/mol. The van der Waals surface area contributed by atoms with Gasteiger partial charge in [0, 0.05) is 102 Å². The fraction of sp³-hybridized carbons (Fsp3) is 0.460. The van der Waals surface area contributed by atoms with E-state index in [-0.39, 0.29) is 28.3 Å². The number of nitrogens with one attached hydrogen (secondary N) is 1. The quantitative estimate of drug-likeness (QED) is 0.0525. The highest BCUT2D eigenvalue weighted by Crippen LogP contribution is 2.43. The molecule has 0 bridgehead atoms. The maximum atomic E-state index is 12.8. The van der Waals surface area contributed by atoms with E-state index >= 15 is 0 Å². The minimum Gasteiger partial charge on any atom is -0.398 e. The number of rotatable bonds is 15. The van der Waals surface area contributed by atoms with Crippen LogP contribution in [0.2, 0.25) is 5.02 Å². The Morgan fingerprint density at radius 1 is 0.828 bits per heavy atom. The van der Waals surface area contributed by atoms with E-state index in [1.54, 1.807) is 18.2 Å². The molecule has 2 fully saturated rings. The van der Waals surface area contributed by atoms with Gasteiger partial charge in [0.2, 0.25) is 0 Å². The first-order chi connectivity index (χ1) is 30.6. The summed E-state index contributed by atoms with van der Waals surface area (Å²) in [4.78, 5) is 24.6. The number of thioether (sulfide) groups is 2. The molecule has 2 aliphatic heterocycles. The number of alkyl halides is 3. The van der Waals surface area contributed by atoms with Gasteiger partial charge in [-0.1, -0.05) is 61.4 Å². The number of allylic oxidation sites excluding steroid dienone is 1. The number of piperazine rings is 2. The first kappa shape index (κ1) is 50.1. The Balaban J connectivity index is 0.000000284. The van der Waals surface area contributed by atoms with Gasteiger partial charge in [-0.3, -0.25) is 19.3 Å². The Morgan fingerprint density at radius 2 is 1.50 bits per heavy atom. The van der Waals surface area contributed by atoms with Gasteiger partial charge in [0.25, 0.3) is 5.91 Å². The second-order valence-electron chi connectivity index (χ2n) is 17.9. The Bertz CT molecular complexity index is 2110. The van der Waals surface area contributed by atoms with E-state index < -0.39 is 5.51 Å². The zero-order chi connectivity index (χ0) is 45.7. The number of carbonyl (C=O) groups is 1. The normalized spacial score (nSPS) is 17.6. The van der Waals surface area contributed by atoms with Crippen LogP contribution in [0.1, 0.15) is 75.7 Å². The number of nitrogens with zero attached hydrogens (tertiary/aromatic N) is 4. The molecule has 3 N–H and O–H groups in total. The third-order valence-corrected chi connectivity index (χ3v) is 15.1. The van der Waals surface area contributed by atoms with Gasteiger partial charge in [-0.05, 0) is 165 Å². The summed E-state index contributed by atoms with van der Waals surface area (Å²) in [6.07, 6.45) is 6.02. The molecule has 0 radical (unpaired) electrons. The second kappa shape index (κ2) is 23.9. The Labute approximate surface area is 397 Å². The maximum Gasteiger partial charge on any atom is 0.446 e. The van der Waals surface area contributed by atoms with Crippen molar-refractivity contribution in [3.05, 3.63) is 119 Å². The predicted octanol–water partition coefficient (Wildman–Crippen LogP) is 12.3. The van der Waals surface area contributed by atoms with Gasteiger partial charge >= 0.3 is 5.51 Å². The summed E-state index contributed by atoms with van der Waals surface area (Å²) in [5, 5.41) is 0.759. The van der Waals surface area contributed by atoms with Crippen LogP contribution in [0.4, 0.5) is 24.5 Å². The molecule has 7 nitrogen and oxygen atoms in total. The Morgan fingerprint density at radius 3 is 2.16 bits per heavy atom. The van der Waals surface area contributed by atoms with Crippen LogP contribution in [-0.4, -0.2) is 103 Å². The SMILES string of the molecule is CC(C)N1CCN(CCCCSc2ccccc2)CC1.CC1(C)CCC(c2ccc(Cl)cc2)=C(CN2CCN(c3ccc(C(=O)NSc4ccc(N)c(SC(F)(F)F)c4)cc3)CC2)C1. The van der Waals surface area contributed by atoms with Crippen molar-refractivity contribution in [2.45, 2.75) is 86.0 Å². The summed E-state index contributed by atoms with van der Waals surface area (Å²) < 4.78 is 41.1. The molecule has 0 unspecified atom stereocenters. The highest BCUT2D eigenvalue weighted by atomic mass is 35.5. The lowest BCUT2D eigenvalue weighted by atomic mass is 9.73. The Hall–Kier alpha value is -3.30. The molecule has 346 valence electrons. The molecule has 0 atom stereocenters. The van der Waals surface area contributed by atoms with Gasteiger partial charge in [-0.25, -0.2) is 0 Å². The van der Waals surface area contributed by atoms with E-state index in [9.17, 15) is 18.0 Å². The van der Waals surface area contributed by atoms with Crippen LogP contribution in [0.5, 0.6) is 0 Å². The third kappa shape index (κ3) is 15.9. The first-order valence-electron chi connectivity index (χ1n) is 22.4. The number of carbonyl (C=O) groups excluding carboxylic acids is 1. The van der Waals surface area contributed by atoms with Gasteiger partial charge in [0.05, 0.1) is 0 Å². The van der Waals surface area contributed by atoms with Crippen molar-refractivity contribution in [1.29, 1.82) is 0 Å². The van der Waals surface area contributed by atoms with Crippen LogP contribution in [0.25, 0.3) is 5.57 Å². The van der Waals surface area contributed by atoms with Crippen LogP contribution >= 0.6 is 47.1 Å². The molecular weight excluding hydrogens is 889 g/mol. The van der Waals surface area contributed by atoms with Crippen molar-refractivity contribution >= 4 is 69.9 Å². The molecule has 4 aromatic rings. The van der Waals surface area contributed by atoms with Gasteiger partial charge in [-0.15, -0.1) is 11.8 Å². The van der Waals surface area contributed by atoms with E-state index in [1.165, 1.54) is 91.5 Å². The van der Waals surface area contributed by atoms with Crippen LogP contribution in [0, 0.1) is 5.41 Å². The van der Waals surface area contributed by atoms with Crippen molar-refractivity contribution in [3.8, 4) is 0 Å². The van der Waals surface area contributed by atoms with Crippen LogP contribution in [0.15, 0.2) is 117 Å². The van der Waals surface area contributed by atoms with E-state index in [2.05, 4.69) is 94.5 Å². The maximum absolute atomic E-state index is 12.8. The minimum atomic E-state index is -4.44. The molecule has 1 amide bonds. The van der Waals surface area contributed by atoms with Gasteiger partial charge in [-0.2, -0.15) is 13.2 Å². The lowest BCUT2D eigenvalue weighted by Crippen LogP contribution is -2.48. The number of anilines is 2. The van der Waals surface area contributed by atoms with Gasteiger partial charge < -0.3 is 15.5 Å². The van der Waals surface area contributed by atoms with Crippen molar-refractivity contribution in [2.24, 2.45) is 5.41 Å². The zero-order valence-electron chi connectivity index (χ0n) is 37.6. The summed E-state index contributed by atoms with van der Waals surface area (Å²) in [6.45, 7) is 20.3. The molecular formula is C50H64ClF3N6OS3. The zero-order valence-corrected chi connectivity index (χ0v) is 40.8. The fourth-order valence-electron chi connectivity index (χ4n) is 8.42. The molecule has 64 heavy (non-hydrogen) atoms.